The summed E-state index contributed by atoms with van der Waals surface area (Å²) in [4.78, 5) is 25.2. The SMILES string of the molecule is CC/C=C\C/C=C\C/C=C\CCCCCC(=O)O[C@H](COC(=O)CCCCCCC/C=C\CCCCCCCC)CO[C@@H]1O[C@H](CO)[C@H](O)[C@H](O)[C@H]1O. The van der Waals surface area contributed by atoms with Crippen LogP contribution in [0.15, 0.2) is 48.6 Å². The molecule has 0 saturated carbocycles. The van der Waals surface area contributed by atoms with Gasteiger partial charge in [-0.1, -0.05) is 120 Å². The largest absolute Gasteiger partial charge is 0.462 e. The Kier molecular flexibility index (Phi) is 31.4. The average Bonchev–Trinajstić information content (AvgIpc) is 3.15. The van der Waals surface area contributed by atoms with Crippen LogP contribution in [0.25, 0.3) is 0 Å². The Balaban J connectivity index is 2.39. The van der Waals surface area contributed by atoms with Gasteiger partial charge in [-0.05, 0) is 70.6 Å². The van der Waals surface area contributed by atoms with Gasteiger partial charge in [-0.25, -0.2) is 0 Å². The lowest BCUT2D eigenvalue weighted by molar-refractivity contribution is -0.305. The van der Waals surface area contributed by atoms with Crippen molar-refractivity contribution in [2.45, 2.75) is 192 Å². The van der Waals surface area contributed by atoms with E-state index < -0.39 is 55.4 Å². The molecule has 0 amide bonds. The number of aliphatic hydroxyl groups is 4. The molecular formula is C43H74O10. The number of hydrogen-bond acceptors (Lipinski definition) is 10. The third-order valence-corrected chi connectivity index (χ3v) is 9.20. The molecule has 1 aliphatic heterocycles. The molecule has 53 heavy (non-hydrogen) atoms. The van der Waals surface area contributed by atoms with E-state index in [2.05, 4.69) is 62.5 Å². The fourth-order valence-corrected chi connectivity index (χ4v) is 5.90. The van der Waals surface area contributed by atoms with Gasteiger partial charge in [-0.15, -0.1) is 0 Å². The first-order valence-electron chi connectivity index (χ1n) is 20.7. The smallest absolute Gasteiger partial charge is 0.306 e. The molecule has 0 unspecified atom stereocenters. The second-order valence-electron chi connectivity index (χ2n) is 14.1. The summed E-state index contributed by atoms with van der Waals surface area (Å²) in [5.41, 5.74) is 0. The van der Waals surface area contributed by atoms with Gasteiger partial charge in [0, 0.05) is 12.8 Å². The molecule has 0 aromatic heterocycles. The van der Waals surface area contributed by atoms with Crippen LogP contribution in [-0.2, 0) is 28.5 Å². The number of unbranched alkanes of at least 4 members (excludes halogenated alkanes) is 14. The summed E-state index contributed by atoms with van der Waals surface area (Å²) in [7, 11) is 0. The first-order valence-corrected chi connectivity index (χ1v) is 20.7. The molecule has 1 heterocycles. The van der Waals surface area contributed by atoms with Crippen LogP contribution >= 0.6 is 0 Å². The van der Waals surface area contributed by atoms with Crippen molar-refractivity contribution in [2.24, 2.45) is 0 Å². The van der Waals surface area contributed by atoms with Crippen molar-refractivity contribution >= 4 is 11.9 Å². The maximum Gasteiger partial charge on any atom is 0.306 e. The Morgan fingerprint density at radius 3 is 1.72 bits per heavy atom. The van der Waals surface area contributed by atoms with Crippen molar-refractivity contribution in [3.05, 3.63) is 48.6 Å². The number of allylic oxidation sites excluding steroid dienone is 8. The quantitative estimate of drug-likeness (QED) is 0.0294. The molecule has 1 rings (SSSR count). The molecule has 0 aromatic rings. The van der Waals surface area contributed by atoms with Crippen LogP contribution in [0.5, 0.6) is 0 Å². The second kappa shape index (κ2) is 34.2. The fourth-order valence-electron chi connectivity index (χ4n) is 5.90. The lowest BCUT2D eigenvalue weighted by Crippen LogP contribution is -2.59. The molecule has 1 fully saturated rings. The number of ether oxygens (including phenoxy) is 4. The van der Waals surface area contributed by atoms with Crippen LogP contribution in [0, 0.1) is 0 Å². The minimum absolute atomic E-state index is 0.192. The number of rotatable bonds is 33. The Hall–Kier alpha value is -2.34. The molecule has 10 heteroatoms. The minimum Gasteiger partial charge on any atom is -0.462 e. The van der Waals surface area contributed by atoms with Gasteiger partial charge >= 0.3 is 11.9 Å². The molecule has 10 nitrogen and oxygen atoms in total. The van der Waals surface area contributed by atoms with Gasteiger partial charge < -0.3 is 39.4 Å². The average molecular weight is 751 g/mol. The van der Waals surface area contributed by atoms with Crippen molar-refractivity contribution in [2.75, 3.05) is 19.8 Å². The highest BCUT2D eigenvalue weighted by molar-refractivity contribution is 5.70. The van der Waals surface area contributed by atoms with Crippen LogP contribution in [0.1, 0.15) is 155 Å². The lowest BCUT2D eigenvalue weighted by Gasteiger charge is -2.39. The minimum atomic E-state index is -1.60. The van der Waals surface area contributed by atoms with Crippen LogP contribution in [-0.4, -0.2) is 89.0 Å². The highest BCUT2D eigenvalue weighted by Crippen LogP contribution is 2.22. The summed E-state index contributed by atoms with van der Waals surface area (Å²) in [6, 6.07) is 0. The van der Waals surface area contributed by atoms with Gasteiger partial charge in [0.2, 0.25) is 0 Å². The number of hydrogen-bond donors (Lipinski definition) is 4. The van der Waals surface area contributed by atoms with Gasteiger partial charge in [-0.3, -0.25) is 9.59 Å². The highest BCUT2D eigenvalue weighted by atomic mass is 16.7. The predicted octanol–water partition coefficient (Wildman–Crippen LogP) is 8.10. The number of aliphatic hydroxyl groups excluding tert-OH is 4. The van der Waals surface area contributed by atoms with Gasteiger partial charge in [0.25, 0.3) is 0 Å². The fraction of sp³-hybridized carbons (Fsp3) is 0.767. The second-order valence-corrected chi connectivity index (χ2v) is 14.1. The summed E-state index contributed by atoms with van der Waals surface area (Å²) in [5, 5.41) is 40.0. The summed E-state index contributed by atoms with van der Waals surface area (Å²) >= 11 is 0. The van der Waals surface area contributed by atoms with Crippen molar-refractivity contribution in [3.63, 3.8) is 0 Å². The lowest BCUT2D eigenvalue weighted by atomic mass is 9.99. The molecule has 0 bridgehead atoms. The highest BCUT2D eigenvalue weighted by Gasteiger charge is 2.44. The third kappa shape index (κ3) is 26.2. The molecule has 1 saturated heterocycles. The van der Waals surface area contributed by atoms with Gasteiger partial charge in [0.15, 0.2) is 12.4 Å². The molecule has 0 aromatic carbocycles. The van der Waals surface area contributed by atoms with Crippen LogP contribution in [0.2, 0.25) is 0 Å². The van der Waals surface area contributed by atoms with Crippen molar-refractivity contribution in [1.29, 1.82) is 0 Å². The molecule has 0 aliphatic carbocycles. The normalized spacial score (nSPS) is 21.4. The maximum absolute atomic E-state index is 12.7. The van der Waals surface area contributed by atoms with E-state index in [0.29, 0.717) is 12.8 Å². The van der Waals surface area contributed by atoms with Crippen molar-refractivity contribution < 1.29 is 49.0 Å². The van der Waals surface area contributed by atoms with E-state index in [-0.39, 0.29) is 26.1 Å². The Morgan fingerprint density at radius 1 is 0.604 bits per heavy atom. The summed E-state index contributed by atoms with van der Waals surface area (Å²) in [6.45, 7) is 3.24. The molecule has 0 radical (unpaired) electrons. The Labute approximate surface area is 320 Å². The third-order valence-electron chi connectivity index (χ3n) is 9.20. The van der Waals surface area contributed by atoms with E-state index in [1.54, 1.807) is 0 Å². The topological polar surface area (TPSA) is 152 Å². The summed E-state index contributed by atoms with van der Waals surface area (Å²) in [6.07, 6.45) is 31.2. The maximum atomic E-state index is 12.7. The van der Waals surface area contributed by atoms with Crippen LogP contribution in [0.3, 0.4) is 0 Å². The van der Waals surface area contributed by atoms with Gasteiger partial charge in [0.05, 0.1) is 13.2 Å². The van der Waals surface area contributed by atoms with E-state index in [4.69, 9.17) is 18.9 Å². The molecule has 0 spiro atoms. The van der Waals surface area contributed by atoms with Gasteiger partial charge in [-0.2, -0.15) is 0 Å². The first-order chi connectivity index (χ1) is 25.8. The zero-order valence-electron chi connectivity index (χ0n) is 33.0. The van der Waals surface area contributed by atoms with Crippen molar-refractivity contribution in [1.82, 2.24) is 0 Å². The van der Waals surface area contributed by atoms with Crippen LogP contribution in [0.4, 0.5) is 0 Å². The predicted molar refractivity (Wildman–Crippen MR) is 210 cm³/mol. The van der Waals surface area contributed by atoms with Crippen molar-refractivity contribution in [3.8, 4) is 0 Å². The van der Waals surface area contributed by atoms with E-state index in [9.17, 15) is 30.0 Å². The number of esters is 2. The molecule has 6 atom stereocenters. The standard InChI is InChI=1S/C43H74O10/c1-3-5-7-9-11-13-15-17-18-20-21-23-25-27-29-31-38(45)50-34-36(35-51-43-42(49)41(48)40(47)37(33-44)53-43)52-39(46)32-30-28-26-24-22-19-16-14-12-10-8-6-4-2/h6,8,12,14,17-19,22,36-37,40-44,47-49H,3-5,7,9-11,13,15-16,20-21,23-35H2,1-2H3/b8-6-,14-12-,18-17-,22-19-/t36-,37-,40+,41+,42-,43-/m1/s1. The molecule has 1 aliphatic rings. The zero-order valence-corrected chi connectivity index (χ0v) is 33.0. The molecule has 4 N–H and O–H groups in total. The van der Waals surface area contributed by atoms with Gasteiger partial charge in [0.1, 0.15) is 31.0 Å². The molecular weight excluding hydrogens is 676 g/mol. The van der Waals surface area contributed by atoms with E-state index in [1.165, 1.54) is 44.9 Å². The van der Waals surface area contributed by atoms with E-state index >= 15 is 0 Å². The number of carbonyl (C=O) groups is 2. The zero-order chi connectivity index (χ0) is 38.8. The Bertz CT molecular complexity index is 1010. The Morgan fingerprint density at radius 2 is 1.11 bits per heavy atom. The number of carbonyl (C=O) groups excluding carboxylic acids is 2. The summed E-state index contributed by atoms with van der Waals surface area (Å²) in [5.74, 6) is -0.855. The summed E-state index contributed by atoms with van der Waals surface area (Å²) < 4.78 is 22.1. The van der Waals surface area contributed by atoms with E-state index in [0.717, 1.165) is 70.6 Å². The van der Waals surface area contributed by atoms with E-state index in [1.807, 2.05) is 0 Å². The first kappa shape index (κ1) is 48.7. The monoisotopic (exact) mass is 751 g/mol. The van der Waals surface area contributed by atoms with Crippen LogP contribution < -0.4 is 0 Å². The molecule has 306 valence electrons.